The highest BCUT2D eigenvalue weighted by molar-refractivity contribution is 9.10. The van der Waals surface area contributed by atoms with Gasteiger partial charge in [-0.15, -0.1) is 0 Å². The van der Waals surface area contributed by atoms with Crippen LogP contribution in [0.4, 0.5) is 5.69 Å². The van der Waals surface area contributed by atoms with Gasteiger partial charge in [-0.25, -0.2) is 0 Å². The minimum Gasteiger partial charge on any atom is -0.341 e. The van der Waals surface area contributed by atoms with Crippen LogP contribution in [0.15, 0.2) is 28.7 Å². The molecule has 0 radical (unpaired) electrons. The maximum atomic E-state index is 12.4. The van der Waals surface area contributed by atoms with E-state index < -0.39 is 0 Å². The molecule has 0 bridgehead atoms. The van der Waals surface area contributed by atoms with E-state index in [9.17, 15) is 9.59 Å². The zero-order chi connectivity index (χ0) is 15.4. The predicted octanol–water partition coefficient (Wildman–Crippen LogP) is 3.06. The molecule has 0 aliphatic carbocycles. The molecule has 5 heteroatoms. The smallest absolute Gasteiger partial charge is 0.242 e. The van der Waals surface area contributed by atoms with Gasteiger partial charge in [0.05, 0.1) is 0 Å². The number of nitrogens with zero attached hydrogens (tertiary/aromatic N) is 2. The molecule has 1 aromatic carbocycles. The third-order valence-electron chi connectivity index (χ3n) is 3.82. The second-order valence-corrected chi connectivity index (χ2v) is 6.58. The van der Waals surface area contributed by atoms with Gasteiger partial charge in [0.2, 0.25) is 11.8 Å². The van der Waals surface area contributed by atoms with Crippen molar-refractivity contribution in [2.45, 2.75) is 26.7 Å². The van der Waals surface area contributed by atoms with Crippen LogP contribution in [0.5, 0.6) is 0 Å². The van der Waals surface area contributed by atoms with Crippen molar-refractivity contribution in [1.82, 2.24) is 4.90 Å². The van der Waals surface area contributed by atoms with Crippen molar-refractivity contribution in [1.29, 1.82) is 0 Å². The summed E-state index contributed by atoms with van der Waals surface area (Å²) in [6.07, 6.45) is 2.22. The first-order valence-electron chi connectivity index (χ1n) is 7.29. The number of hydrogen-bond donors (Lipinski definition) is 0. The van der Waals surface area contributed by atoms with Crippen molar-refractivity contribution in [2.75, 3.05) is 24.5 Å². The minimum atomic E-state index is -0.115. The lowest BCUT2D eigenvalue weighted by atomic mass is 10.0. The van der Waals surface area contributed by atoms with Crippen LogP contribution >= 0.6 is 15.9 Å². The number of likely N-dealkylation sites (tertiary alicyclic amines) is 1. The second-order valence-electron chi connectivity index (χ2n) is 5.67. The largest absolute Gasteiger partial charge is 0.341 e. The fourth-order valence-electron chi connectivity index (χ4n) is 2.66. The van der Waals surface area contributed by atoms with Gasteiger partial charge in [0, 0.05) is 30.2 Å². The Kier molecular flexibility index (Phi) is 5.39. The van der Waals surface area contributed by atoms with Crippen molar-refractivity contribution < 1.29 is 9.59 Å². The van der Waals surface area contributed by atoms with Crippen molar-refractivity contribution in [3.8, 4) is 0 Å². The molecular weight excluding hydrogens is 332 g/mol. The SMILES string of the molecule is CC(=O)N(CC(=O)N1CCCC(C)C1)c1ccc(Br)cc1. The number of carbonyl (C=O) groups is 2. The molecule has 4 nitrogen and oxygen atoms in total. The summed E-state index contributed by atoms with van der Waals surface area (Å²) >= 11 is 3.37. The average molecular weight is 353 g/mol. The van der Waals surface area contributed by atoms with Crippen LogP contribution in [0.25, 0.3) is 0 Å². The fraction of sp³-hybridized carbons (Fsp3) is 0.500. The summed E-state index contributed by atoms with van der Waals surface area (Å²) in [6.45, 7) is 5.37. The van der Waals surface area contributed by atoms with Gasteiger partial charge in [-0.2, -0.15) is 0 Å². The Bertz CT molecular complexity index is 516. The van der Waals surface area contributed by atoms with Crippen molar-refractivity contribution in [3.63, 3.8) is 0 Å². The summed E-state index contributed by atoms with van der Waals surface area (Å²) in [4.78, 5) is 27.7. The van der Waals surface area contributed by atoms with E-state index in [0.29, 0.717) is 5.92 Å². The molecule has 1 fully saturated rings. The van der Waals surface area contributed by atoms with E-state index in [1.807, 2.05) is 29.2 Å². The highest BCUT2D eigenvalue weighted by Gasteiger charge is 2.24. The number of piperidine rings is 1. The summed E-state index contributed by atoms with van der Waals surface area (Å²) in [6, 6.07) is 7.44. The molecule has 0 N–H and O–H groups in total. The Morgan fingerprint density at radius 1 is 1.33 bits per heavy atom. The lowest BCUT2D eigenvalue weighted by Gasteiger charge is -2.32. The molecule has 2 rings (SSSR count). The van der Waals surface area contributed by atoms with Crippen LogP contribution in [0.1, 0.15) is 26.7 Å². The Morgan fingerprint density at radius 3 is 2.57 bits per heavy atom. The van der Waals surface area contributed by atoms with E-state index in [4.69, 9.17) is 0 Å². The lowest BCUT2D eigenvalue weighted by Crippen LogP contribution is -2.46. The summed E-state index contributed by atoms with van der Waals surface area (Å²) in [5, 5.41) is 0. The standard InChI is InChI=1S/C16H21BrN2O2/c1-12-4-3-9-18(10-12)16(21)11-19(13(2)20)15-7-5-14(17)6-8-15/h5-8,12H,3-4,9-11H2,1-2H3. The Hall–Kier alpha value is -1.36. The third-order valence-corrected chi connectivity index (χ3v) is 4.35. The molecule has 1 aromatic rings. The summed E-state index contributed by atoms with van der Waals surface area (Å²) < 4.78 is 0.950. The van der Waals surface area contributed by atoms with Gasteiger partial charge in [0.1, 0.15) is 6.54 Å². The van der Waals surface area contributed by atoms with E-state index in [1.165, 1.54) is 18.2 Å². The van der Waals surface area contributed by atoms with Gasteiger partial charge in [-0.05, 0) is 43.0 Å². The quantitative estimate of drug-likeness (QED) is 0.838. The Balaban J connectivity index is 2.07. The number of halogens is 1. The molecule has 1 atom stereocenters. The normalized spacial score (nSPS) is 18.4. The summed E-state index contributed by atoms with van der Waals surface area (Å²) in [5.41, 5.74) is 0.754. The monoisotopic (exact) mass is 352 g/mol. The van der Waals surface area contributed by atoms with Crippen molar-refractivity contribution >= 4 is 33.4 Å². The van der Waals surface area contributed by atoms with E-state index >= 15 is 0 Å². The molecule has 0 spiro atoms. The van der Waals surface area contributed by atoms with Gasteiger partial charge < -0.3 is 9.80 Å². The first-order valence-corrected chi connectivity index (χ1v) is 8.08. The first kappa shape index (κ1) is 16.0. The van der Waals surface area contributed by atoms with Crippen molar-refractivity contribution in [3.05, 3.63) is 28.7 Å². The minimum absolute atomic E-state index is 0.0275. The van der Waals surface area contributed by atoms with Crippen LogP contribution < -0.4 is 4.90 Å². The van der Waals surface area contributed by atoms with E-state index in [0.717, 1.165) is 29.7 Å². The number of carbonyl (C=O) groups excluding carboxylic acids is 2. The topological polar surface area (TPSA) is 40.6 Å². The molecule has 1 heterocycles. The van der Waals surface area contributed by atoms with Gasteiger partial charge in [0.15, 0.2) is 0 Å². The first-order chi connectivity index (χ1) is 9.97. The highest BCUT2D eigenvalue weighted by Crippen LogP contribution is 2.20. The maximum Gasteiger partial charge on any atom is 0.242 e. The predicted molar refractivity (Wildman–Crippen MR) is 87.1 cm³/mol. The zero-order valence-electron chi connectivity index (χ0n) is 12.5. The van der Waals surface area contributed by atoms with Crippen LogP contribution in [0.2, 0.25) is 0 Å². The van der Waals surface area contributed by atoms with Crippen LogP contribution in [-0.4, -0.2) is 36.3 Å². The number of hydrogen-bond acceptors (Lipinski definition) is 2. The lowest BCUT2D eigenvalue weighted by molar-refractivity contribution is -0.132. The second kappa shape index (κ2) is 7.07. The number of anilines is 1. The number of benzene rings is 1. The van der Waals surface area contributed by atoms with Crippen LogP contribution in [0.3, 0.4) is 0 Å². The van der Waals surface area contributed by atoms with Gasteiger partial charge in [-0.3, -0.25) is 9.59 Å². The molecule has 1 unspecified atom stereocenters. The summed E-state index contributed by atoms with van der Waals surface area (Å²) in [7, 11) is 0. The van der Waals surface area contributed by atoms with Crippen LogP contribution in [-0.2, 0) is 9.59 Å². The maximum absolute atomic E-state index is 12.4. The fourth-order valence-corrected chi connectivity index (χ4v) is 2.92. The third kappa shape index (κ3) is 4.30. The van der Waals surface area contributed by atoms with Gasteiger partial charge in [0.25, 0.3) is 0 Å². The van der Waals surface area contributed by atoms with E-state index in [1.54, 1.807) is 0 Å². The van der Waals surface area contributed by atoms with Gasteiger partial charge in [-0.1, -0.05) is 22.9 Å². The zero-order valence-corrected chi connectivity index (χ0v) is 14.1. The molecule has 2 amide bonds. The molecule has 114 valence electrons. The number of rotatable bonds is 3. The summed E-state index contributed by atoms with van der Waals surface area (Å²) in [5.74, 6) is 0.455. The van der Waals surface area contributed by atoms with E-state index in [-0.39, 0.29) is 18.4 Å². The number of amides is 2. The Labute approximate surface area is 134 Å². The average Bonchev–Trinajstić information content (AvgIpc) is 2.45. The van der Waals surface area contributed by atoms with Gasteiger partial charge >= 0.3 is 0 Å². The molecular formula is C16H21BrN2O2. The molecule has 1 saturated heterocycles. The van der Waals surface area contributed by atoms with Crippen LogP contribution in [0, 0.1) is 5.92 Å². The van der Waals surface area contributed by atoms with E-state index in [2.05, 4.69) is 22.9 Å². The molecule has 1 aliphatic rings. The van der Waals surface area contributed by atoms with Crippen molar-refractivity contribution in [2.24, 2.45) is 5.92 Å². The molecule has 0 saturated carbocycles. The Morgan fingerprint density at radius 2 is 2.00 bits per heavy atom. The molecule has 0 aromatic heterocycles. The highest BCUT2D eigenvalue weighted by atomic mass is 79.9. The molecule has 1 aliphatic heterocycles. The molecule has 21 heavy (non-hydrogen) atoms.